The van der Waals surface area contributed by atoms with E-state index in [0.29, 0.717) is 12.5 Å². The molecule has 0 aromatic heterocycles. The minimum absolute atomic E-state index is 0.0720. The lowest BCUT2D eigenvalue weighted by Crippen LogP contribution is -2.35. The average molecular weight is 308 g/mol. The third-order valence-corrected chi connectivity index (χ3v) is 6.87. The van der Waals surface area contributed by atoms with Crippen LogP contribution in [-0.2, 0) is 9.53 Å². The molecule has 0 aliphatic heterocycles. The Bertz CT molecular complexity index is 414. The van der Waals surface area contributed by atoms with Crippen molar-refractivity contribution in [2.75, 3.05) is 6.61 Å². The maximum Gasteiger partial charge on any atom is 0.311 e. The minimum atomic E-state index is -0.378. The van der Waals surface area contributed by atoms with Crippen molar-refractivity contribution in [1.82, 2.24) is 0 Å². The zero-order valence-electron chi connectivity index (χ0n) is 14.4. The van der Waals surface area contributed by atoms with Crippen molar-refractivity contribution in [3.05, 3.63) is 0 Å². The molecule has 4 aliphatic rings. The lowest BCUT2D eigenvalue weighted by Gasteiger charge is -2.45. The van der Waals surface area contributed by atoms with Gasteiger partial charge in [0.2, 0.25) is 0 Å². The predicted octanol–water partition coefficient (Wildman–Crippen LogP) is 3.93. The number of carbonyl (C=O) groups excluding carboxylic acids is 1. The molecule has 0 amide bonds. The van der Waals surface area contributed by atoms with Gasteiger partial charge in [-0.3, -0.25) is 4.79 Å². The second-order valence-electron chi connectivity index (χ2n) is 9.00. The van der Waals surface area contributed by atoms with Gasteiger partial charge in [0.15, 0.2) is 0 Å². The number of carbonyl (C=O) groups is 1. The quantitative estimate of drug-likeness (QED) is 0.783. The summed E-state index contributed by atoms with van der Waals surface area (Å²) in [6, 6.07) is 0. The molecule has 3 heteroatoms. The first-order valence-electron chi connectivity index (χ1n) is 9.19. The second-order valence-corrected chi connectivity index (χ2v) is 9.00. The molecule has 4 fully saturated rings. The van der Waals surface area contributed by atoms with Crippen LogP contribution in [0.3, 0.4) is 0 Å². The fraction of sp³-hybridized carbons (Fsp3) is 0.947. The molecule has 126 valence electrons. The Morgan fingerprint density at radius 2 is 1.82 bits per heavy atom. The highest BCUT2D eigenvalue weighted by atomic mass is 16.5. The average Bonchev–Trinajstić information content (AvgIpc) is 2.60. The molecule has 0 aromatic carbocycles. The summed E-state index contributed by atoms with van der Waals surface area (Å²) in [5.41, 5.74) is -0.147. The van der Waals surface area contributed by atoms with Crippen LogP contribution in [0.2, 0.25) is 0 Å². The Balaban J connectivity index is 1.61. The third-order valence-electron chi connectivity index (χ3n) is 6.87. The first-order valence-corrected chi connectivity index (χ1v) is 9.19. The number of ether oxygens (including phenoxy) is 1. The Morgan fingerprint density at radius 1 is 1.18 bits per heavy atom. The molecule has 4 rings (SSSR count). The molecule has 4 bridgehead atoms. The standard InChI is InChI=1S/C19H32O3/c1-4-18(2,3)17(21)22-6-5-19-10-13-7-14(11-19)9-15(8-13)16(20)12-19/h13-16,20H,4-12H2,1-3H3. The van der Waals surface area contributed by atoms with Gasteiger partial charge in [-0.15, -0.1) is 0 Å². The van der Waals surface area contributed by atoms with Crippen LogP contribution in [0, 0.1) is 28.6 Å². The van der Waals surface area contributed by atoms with Gasteiger partial charge in [0, 0.05) is 0 Å². The number of hydrogen-bond acceptors (Lipinski definition) is 3. The predicted molar refractivity (Wildman–Crippen MR) is 86.3 cm³/mol. The normalized spacial score (nSPS) is 40.5. The van der Waals surface area contributed by atoms with Crippen LogP contribution < -0.4 is 0 Å². The number of rotatable bonds is 5. The van der Waals surface area contributed by atoms with Gasteiger partial charge in [-0.1, -0.05) is 6.92 Å². The Kier molecular flexibility index (Phi) is 4.30. The van der Waals surface area contributed by atoms with Crippen LogP contribution >= 0.6 is 0 Å². The highest BCUT2D eigenvalue weighted by Crippen LogP contribution is 2.58. The van der Waals surface area contributed by atoms with Crippen LogP contribution in [0.4, 0.5) is 0 Å². The lowest BCUT2D eigenvalue weighted by atomic mass is 9.60. The topological polar surface area (TPSA) is 46.5 Å². The SMILES string of the molecule is CCC(C)(C)C(=O)OCCC12CC3CC(CC(C3)C(O)C1)C2. The molecule has 0 radical (unpaired) electrons. The van der Waals surface area contributed by atoms with Gasteiger partial charge < -0.3 is 9.84 Å². The Labute approximate surface area is 134 Å². The van der Waals surface area contributed by atoms with Crippen LogP contribution in [0.5, 0.6) is 0 Å². The molecule has 0 spiro atoms. The summed E-state index contributed by atoms with van der Waals surface area (Å²) in [5.74, 6) is 2.07. The minimum Gasteiger partial charge on any atom is -0.465 e. The zero-order chi connectivity index (χ0) is 16.0. The molecule has 3 unspecified atom stereocenters. The van der Waals surface area contributed by atoms with E-state index < -0.39 is 0 Å². The molecule has 22 heavy (non-hydrogen) atoms. The van der Waals surface area contributed by atoms with Gasteiger partial charge >= 0.3 is 5.97 Å². The molecule has 0 saturated heterocycles. The van der Waals surface area contributed by atoms with Gasteiger partial charge in [0.05, 0.1) is 18.1 Å². The molecule has 4 aliphatic carbocycles. The van der Waals surface area contributed by atoms with E-state index in [0.717, 1.165) is 31.1 Å². The molecular weight excluding hydrogens is 276 g/mol. The van der Waals surface area contributed by atoms with Crippen molar-refractivity contribution in [1.29, 1.82) is 0 Å². The van der Waals surface area contributed by atoms with E-state index in [9.17, 15) is 9.90 Å². The maximum absolute atomic E-state index is 12.1. The fourth-order valence-corrected chi connectivity index (χ4v) is 5.36. The van der Waals surface area contributed by atoms with E-state index in [1.807, 2.05) is 20.8 Å². The largest absolute Gasteiger partial charge is 0.465 e. The third kappa shape index (κ3) is 3.06. The van der Waals surface area contributed by atoms with Crippen molar-refractivity contribution in [2.45, 2.75) is 78.2 Å². The highest BCUT2D eigenvalue weighted by molar-refractivity contribution is 5.75. The van der Waals surface area contributed by atoms with Gasteiger partial charge in [-0.2, -0.15) is 0 Å². The van der Waals surface area contributed by atoms with Crippen LogP contribution in [0.1, 0.15) is 72.1 Å². The monoisotopic (exact) mass is 308 g/mol. The van der Waals surface area contributed by atoms with Gasteiger partial charge in [0.1, 0.15) is 0 Å². The maximum atomic E-state index is 12.1. The number of fused-ring (bicyclic) bond motifs is 1. The first kappa shape index (κ1) is 16.3. The van der Waals surface area contributed by atoms with E-state index >= 15 is 0 Å². The van der Waals surface area contributed by atoms with Crippen molar-refractivity contribution < 1.29 is 14.6 Å². The zero-order valence-corrected chi connectivity index (χ0v) is 14.4. The molecular formula is C19H32O3. The molecule has 1 N–H and O–H groups in total. The van der Waals surface area contributed by atoms with Crippen LogP contribution in [-0.4, -0.2) is 23.8 Å². The molecule has 4 saturated carbocycles. The smallest absolute Gasteiger partial charge is 0.311 e. The number of aliphatic hydroxyl groups is 1. The number of aliphatic hydroxyl groups excluding tert-OH is 1. The van der Waals surface area contributed by atoms with E-state index in [2.05, 4.69) is 0 Å². The molecule has 3 atom stereocenters. The van der Waals surface area contributed by atoms with E-state index in [1.165, 1.54) is 32.1 Å². The van der Waals surface area contributed by atoms with Crippen LogP contribution in [0.25, 0.3) is 0 Å². The van der Waals surface area contributed by atoms with E-state index in [-0.39, 0.29) is 22.9 Å². The highest BCUT2D eigenvalue weighted by Gasteiger charge is 2.50. The summed E-state index contributed by atoms with van der Waals surface area (Å²) in [7, 11) is 0. The summed E-state index contributed by atoms with van der Waals surface area (Å²) < 4.78 is 5.59. The molecule has 0 aromatic rings. The van der Waals surface area contributed by atoms with Crippen molar-refractivity contribution in [3.8, 4) is 0 Å². The number of esters is 1. The molecule has 0 heterocycles. The summed E-state index contributed by atoms with van der Waals surface area (Å²) in [6.45, 7) is 6.46. The molecule has 3 nitrogen and oxygen atoms in total. The Morgan fingerprint density at radius 3 is 2.41 bits per heavy atom. The van der Waals surface area contributed by atoms with Crippen molar-refractivity contribution in [2.24, 2.45) is 28.6 Å². The van der Waals surface area contributed by atoms with Gasteiger partial charge in [0.25, 0.3) is 0 Å². The summed E-state index contributed by atoms with van der Waals surface area (Å²) >= 11 is 0. The first-order chi connectivity index (χ1) is 10.3. The van der Waals surface area contributed by atoms with E-state index in [1.54, 1.807) is 0 Å². The van der Waals surface area contributed by atoms with E-state index in [4.69, 9.17) is 4.74 Å². The summed E-state index contributed by atoms with van der Waals surface area (Å²) in [5, 5.41) is 10.5. The van der Waals surface area contributed by atoms with Crippen molar-refractivity contribution in [3.63, 3.8) is 0 Å². The van der Waals surface area contributed by atoms with Crippen LogP contribution in [0.15, 0.2) is 0 Å². The van der Waals surface area contributed by atoms with Crippen molar-refractivity contribution >= 4 is 5.97 Å². The summed E-state index contributed by atoms with van der Waals surface area (Å²) in [6.07, 6.45) is 8.85. The fourth-order valence-electron chi connectivity index (χ4n) is 5.36. The van der Waals surface area contributed by atoms with Gasteiger partial charge in [-0.25, -0.2) is 0 Å². The Hall–Kier alpha value is -0.570. The number of hydrogen-bond donors (Lipinski definition) is 1. The summed E-state index contributed by atoms with van der Waals surface area (Å²) in [4.78, 5) is 12.1. The van der Waals surface area contributed by atoms with Gasteiger partial charge in [-0.05, 0) is 88.4 Å². The lowest BCUT2D eigenvalue weighted by molar-refractivity contribution is -0.155. The second kappa shape index (κ2) is 5.81.